The van der Waals surface area contributed by atoms with E-state index in [-0.39, 0.29) is 30.8 Å². The summed E-state index contributed by atoms with van der Waals surface area (Å²) in [6.45, 7) is 0.728. The third-order valence-electron chi connectivity index (χ3n) is 4.05. The number of hydrogen-bond donors (Lipinski definition) is 3. The number of carbonyl (C=O) groups excluding carboxylic acids is 2. The number of benzene rings is 1. The van der Waals surface area contributed by atoms with E-state index >= 15 is 0 Å². The van der Waals surface area contributed by atoms with Crippen molar-refractivity contribution in [3.05, 3.63) is 24.3 Å². The van der Waals surface area contributed by atoms with Crippen molar-refractivity contribution in [1.82, 2.24) is 0 Å². The van der Waals surface area contributed by atoms with Crippen LogP contribution >= 0.6 is 0 Å². The highest BCUT2D eigenvalue weighted by Crippen LogP contribution is 2.33. The third kappa shape index (κ3) is 4.21. The van der Waals surface area contributed by atoms with Crippen LogP contribution in [-0.2, 0) is 9.59 Å². The predicted octanol–water partition coefficient (Wildman–Crippen LogP) is 1.25. The monoisotopic (exact) mass is 305 g/mol. The molecule has 22 heavy (non-hydrogen) atoms. The minimum Gasteiger partial charge on any atom is -0.491 e. The van der Waals surface area contributed by atoms with Gasteiger partial charge in [-0.2, -0.15) is 0 Å². The number of nitrogens with two attached hydrogens (primary N) is 2. The fourth-order valence-electron chi connectivity index (χ4n) is 2.85. The van der Waals surface area contributed by atoms with Crippen LogP contribution in [-0.4, -0.2) is 25.0 Å². The molecule has 0 bridgehead atoms. The van der Waals surface area contributed by atoms with Crippen molar-refractivity contribution in [3.8, 4) is 5.75 Å². The summed E-state index contributed by atoms with van der Waals surface area (Å²) in [4.78, 5) is 23.2. The Bertz CT molecular complexity index is 533. The molecule has 0 heterocycles. The average molecular weight is 305 g/mol. The normalized spacial score (nSPS) is 20.6. The van der Waals surface area contributed by atoms with Gasteiger partial charge in [0.1, 0.15) is 5.75 Å². The number of rotatable bonds is 7. The highest BCUT2D eigenvalue weighted by atomic mass is 16.5. The number of para-hydroxylation sites is 2. The van der Waals surface area contributed by atoms with Crippen LogP contribution in [0.3, 0.4) is 0 Å². The van der Waals surface area contributed by atoms with Gasteiger partial charge in [-0.3, -0.25) is 9.59 Å². The van der Waals surface area contributed by atoms with Crippen molar-refractivity contribution >= 4 is 17.5 Å². The molecule has 0 aromatic heterocycles. The Hall–Kier alpha value is -2.08. The van der Waals surface area contributed by atoms with E-state index in [9.17, 15) is 9.59 Å². The summed E-state index contributed by atoms with van der Waals surface area (Å²) in [6, 6.07) is 7.18. The van der Waals surface area contributed by atoms with Gasteiger partial charge < -0.3 is 21.5 Å². The Morgan fingerprint density at radius 1 is 1.27 bits per heavy atom. The Balaban J connectivity index is 1.99. The fourth-order valence-corrected chi connectivity index (χ4v) is 2.85. The van der Waals surface area contributed by atoms with Crippen LogP contribution in [0.1, 0.15) is 25.7 Å². The number of ether oxygens (including phenoxy) is 1. The highest BCUT2D eigenvalue weighted by Gasteiger charge is 2.32. The van der Waals surface area contributed by atoms with Gasteiger partial charge in [0.15, 0.2) is 0 Å². The number of hydrogen-bond acceptors (Lipinski definition) is 4. The second-order valence-corrected chi connectivity index (χ2v) is 5.58. The van der Waals surface area contributed by atoms with E-state index in [1.807, 2.05) is 12.1 Å². The van der Waals surface area contributed by atoms with E-state index in [4.69, 9.17) is 16.2 Å². The molecule has 6 heteroatoms. The van der Waals surface area contributed by atoms with Gasteiger partial charge in [0.25, 0.3) is 0 Å². The SMILES string of the molecule is NC[C@H]1CCC[C@H]1C(=O)Nc1ccccc1OCCC(N)=O. The lowest BCUT2D eigenvalue weighted by molar-refractivity contribution is -0.121. The largest absolute Gasteiger partial charge is 0.491 e. The van der Waals surface area contributed by atoms with Crippen LogP contribution in [0.2, 0.25) is 0 Å². The summed E-state index contributed by atoms with van der Waals surface area (Å²) in [5.74, 6) is 0.322. The Kier molecular flexibility index (Phi) is 5.77. The van der Waals surface area contributed by atoms with E-state index in [1.165, 1.54) is 0 Å². The quantitative estimate of drug-likeness (QED) is 0.704. The Morgan fingerprint density at radius 3 is 2.77 bits per heavy atom. The Morgan fingerprint density at radius 2 is 2.05 bits per heavy atom. The van der Waals surface area contributed by atoms with Crippen LogP contribution in [0, 0.1) is 11.8 Å². The van der Waals surface area contributed by atoms with E-state index in [1.54, 1.807) is 12.1 Å². The van der Waals surface area contributed by atoms with Gasteiger partial charge in [-0.05, 0) is 37.4 Å². The maximum atomic E-state index is 12.4. The van der Waals surface area contributed by atoms with Crippen LogP contribution in [0.25, 0.3) is 0 Å². The first kappa shape index (κ1) is 16.3. The van der Waals surface area contributed by atoms with Gasteiger partial charge in [0.2, 0.25) is 11.8 Å². The number of anilines is 1. The van der Waals surface area contributed by atoms with Crippen molar-refractivity contribution < 1.29 is 14.3 Å². The lowest BCUT2D eigenvalue weighted by Crippen LogP contribution is -2.29. The second kappa shape index (κ2) is 7.79. The summed E-state index contributed by atoms with van der Waals surface area (Å²) in [6.07, 6.45) is 3.06. The van der Waals surface area contributed by atoms with Crippen molar-refractivity contribution in [2.24, 2.45) is 23.3 Å². The van der Waals surface area contributed by atoms with Gasteiger partial charge in [-0.25, -0.2) is 0 Å². The van der Waals surface area contributed by atoms with Gasteiger partial charge in [-0.1, -0.05) is 18.6 Å². The first-order valence-corrected chi connectivity index (χ1v) is 7.63. The second-order valence-electron chi connectivity index (χ2n) is 5.58. The maximum Gasteiger partial charge on any atom is 0.227 e. The number of nitrogens with one attached hydrogen (secondary N) is 1. The molecule has 120 valence electrons. The molecular formula is C16H23N3O3. The molecule has 0 aliphatic heterocycles. The molecule has 6 nitrogen and oxygen atoms in total. The standard InChI is InChI=1S/C16H23N3O3/c17-10-11-4-3-5-12(11)16(21)19-13-6-1-2-7-14(13)22-9-8-15(18)20/h1-2,6-7,11-12H,3-5,8-10,17H2,(H2,18,20)(H,19,21)/t11-,12-/m1/s1. The molecule has 0 spiro atoms. The topological polar surface area (TPSA) is 107 Å². The van der Waals surface area contributed by atoms with E-state index in [2.05, 4.69) is 5.32 Å². The van der Waals surface area contributed by atoms with Gasteiger partial charge in [0, 0.05) is 5.92 Å². The zero-order valence-corrected chi connectivity index (χ0v) is 12.6. The number of amides is 2. The molecule has 1 aliphatic rings. The maximum absolute atomic E-state index is 12.4. The van der Waals surface area contributed by atoms with E-state index in [0.29, 0.717) is 18.0 Å². The zero-order valence-electron chi connectivity index (χ0n) is 12.6. The molecule has 1 saturated carbocycles. The Labute approximate surface area is 130 Å². The van der Waals surface area contributed by atoms with Crippen molar-refractivity contribution in [3.63, 3.8) is 0 Å². The van der Waals surface area contributed by atoms with Crippen molar-refractivity contribution in [2.75, 3.05) is 18.5 Å². The van der Waals surface area contributed by atoms with E-state index < -0.39 is 5.91 Å². The lowest BCUT2D eigenvalue weighted by atomic mass is 9.95. The number of primary amides is 1. The molecule has 1 aromatic carbocycles. The van der Waals surface area contributed by atoms with Crippen LogP contribution < -0.4 is 21.5 Å². The lowest BCUT2D eigenvalue weighted by Gasteiger charge is -2.18. The molecule has 1 aliphatic carbocycles. The summed E-state index contributed by atoms with van der Waals surface area (Å²) < 4.78 is 5.52. The minimum atomic E-state index is -0.418. The molecule has 0 saturated heterocycles. The summed E-state index contributed by atoms with van der Waals surface area (Å²) >= 11 is 0. The zero-order chi connectivity index (χ0) is 15.9. The summed E-state index contributed by atoms with van der Waals surface area (Å²) in [7, 11) is 0. The van der Waals surface area contributed by atoms with Gasteiger partial charge in [-0.15, -0.1) is 0 Å². The molecule has 2 rings (SSSR count). The highest BCUT2D eigenvalue weighted by molar-refractivity contribution is 5.94. The van der Waals surface area contributed by atoms with Gasteiger partial charge >= 0.3 is 0 Å². The molecule has 2 atom stereocenters. The smallest absolute Gasteiger partial charge is 0.227 e. The fraction of sp³-hybridized carbons (Fsp3) is 0.500. The first-order chi connectivity index (χ1) is 10.6. The molecule has 1 aromatic rings. The third-order valence-corrected chi connectivity index (χ3v) is 4.05. The van der Waals surface area contributed by atoms with Crippen molar-refractivity contribution in [1.29, 1.82) is 0 Å². The van der Waals surface area contributed by atoms with E-state index in [0.717, 1.165) is 19.3 Å². The molecule has 2 amide bonds. The molecule has 1 fully saturated rings. The molecule has 5 N–H and O–H groups in total. The van der Waals surface area contributed by atoms with Gasteiger partial charge in [0.05, 0.1) is 18.7 Å². The molecular weight excluding hydrogens is 282 g/mol. The van der Waals surface area contributed by atoms with Crippen molar-refractivity contribution in [2.45, 2.75) is 25.7 Å². The van der Waals surface area contributed by atoms with Crippen LogP contribution in [0.4, 0.5) is 5.69 Å². The van der Waals surface area contributed by atoms with Crippen LogP contribution in [0.15, 0.2) is 24.3 Å². The minimum absolute atomic E-state index is 0.0149. The molecule has 0 radical (unpaired) electrons. The molecule has 0 unspecified atom stereocenters. The predicted molar refractivity (Wildman–Crippen MR) is 84.3 cm³/mol. The average Bonchev–Trinajstić information content (AvgIpc) is 2.97. The van der Waals surface area contributed by atoms with Crippen LogP contribution in [0.5, 0.6) is 5.75 Å². The number of carbonyl (C=O) groups is 2. The summed E-state index contributed by atoms with van der Waals surface area (Å²) in [5.41, 5.74) is 11.4. The first-order valence-electron chi connectivity index (χ1n) is 7.63. The summed E-state index contributed by atoms with van der Waals surface area (Å²) in [5, 5.41) is 2.92.